The van der Waals surface area contributed by atoms with Crippen molar-refractivity contribution >= 4 is 18.2 Å². The molecular weight excluding hydrogens is 176 g/mol. The van der Waals surface area contributed by atoms with Crippen LogP contribution in [0, 0.1) is 0 Å². The summed E-state index contributed by atoms with van der Waals surface area (Å²) in [5.74, 6) is 0. The molecule has 0 N–H and O–H groups in total. The maximum Gasteiger partial charge on any atom is 0.150 e. The minimum atomic E-state index is 0.646. The number of aldehydes is 1. The predicted octanol–water partition coefficient (Wildman–Crippen LogP) is 1.62. The summed E-state index contributed by atoms with van der Waals surface area (Å²) >= 11 is 0. The summed E-state index contributed by atoms with van der Waals surface area (Å²) in [6, 6.07) is 7.27. The molecule has 0 amide bonds. The molecule has 0 unspecified atom stereocenters. The van der Waals surface area contributed by atoms with Gasteiger partial charge in [0.1, 0.15) is 6.29 Å². The Balaban J connectivity index is 3.11. The molecule has 3 heteroatoms. The lowest BCUT2D eigenvalue weighted by molar-refractivity contribution is 0.112. The Bertz CT molecular complexity index is 381. The zero-order valence-corrected chi connectivity index (χ0v) is 8.27. The van der Waals surface area contributed by atoms with E-state index in [1.807, 2.05) is 12.1 Å². The molecule has 0 bridgehead atoms. The summed E-state index contributed by atoms with van der Waals surface area (Å²) in [5.41, 5.74) is 2.33. The number of hydrogen-bond acceptors (Lipinski definition) is 3. The maximum absolute atomic E-state index is 10.6. The molecule has 0 saturated heterocycles. The molecule has 1 aromatic carbocycles. The van der Waals surface area contributed by atoms with Crippen LogP contribution >= 0.6 is 0 Å². The second-order valence-electron chi connectivity index (χ2n) is 2.74. The van der Waals surface area contributed by atoms with Gasteiger partial charge in [0.15, 0.2) is 0 Å². The molecule has 0 aromatic heterocycles. The molecule has 0 saturated carbocycles. The fourth-order valence-corrected chi connectivity index (χ4v) is 1.15. The van der Waals surface area contributed by atoms with E-state index in [1.54, 1.807) is 32.4 Å². The monoisotopic (exact) mass is 188 g/mol. The summed E-state index contributed by atoms with van der Waals surface area (Å²) in [5, 5.41) is 0. The van der Waals surface area contributed by atoms with Gasteiger partial charge in [0.05, 0.1) is 5.71 Å². The summed E-state index contributed by atoms with van der Waals surface area (Å²) in [7, 11) is 3.39. The van der Waals surface area contributed by atoms with E-state index in [1.165, 1.54) is 0 Å². The Morgan fingerprint density at radius 1 is 1.36 bits per heavy atom. The predicted molar refractivity (Wildman–Crippen MR) is 58.7 cm³/mol. The lowest BCUT2D eigenvalue weighted by atomic mass is 10.1. The van der Waals surface area contributed by atoms with E-state index in [9.17, 15) is 4.79 Å². The lowest BCUT2D eigenvalue weighted by Gasteiger charge is -2.00. The molecule has 0 fully saturated rings. The summed E-state index contributed by atoms with van der Waals surface area (Å²) < 4.78 is 0. The van der Waals surface area contributed by atoms with Gasteiger partial charge in [-0.05, 0) is 6.07 Å². The van der Waals surface area contributed by atoms with Crippen LogP contribution in [0.1, 0.15) is 15.9 Å². The number of benzene rings is 1. The minimum Gasteiger partial charge on any atom is -0.298 e. The zero-order chi connectivity index (χ0) is 10.4. The molecule has 0 aliphatic carbocycles. The summed E-state index contributed by atoms with van der Waals surface area (Å²) in [4.78, 5) is 18.5. The first-order valence-electron chi connectivity index (χ1n) is 4.26. The third-order valence-electron chi connectivity index (χ3n) is 1.81. The Kier molecular flexibility index (Phi) is 3.73. The first-order valence-corrected chi connectivity index (χ1v) is 4.26. The molecule has 1 rings (SSSR count). The maximum atomic E-state index is 10.6. The Hall–Kier alpha value is -1.77. The number of carbonyl (C=O) groups is 1. The van der Waals surface area contributed by atoms with Crippen molar-refractivity contribution in [1.29, 1.82) is 0 Å². The quantitative estimate of drug-likeness (QED) is 0.525. The zero-order valence-electron chi connectivity index (χ0n) is 8.27. The van der Waals surface area contributed by atoms with E-state index in [-0.39, 0.29) is 0 Å². The van der Waals surface area contributed by atoms with E-state index in [0.717, 1.165) is 17.6 Å². The second kappa shape index (κ2) is 5.07. The van der Waals surface area contributed by atoms with Gasteiger partial charge in [-0.2, -0.15) is 0 Å². The molecule has 14 heavy (non-hydrogen) atoms. The van der Waals surface area contributed by atoms with Crippen LogP contribution in [0.4, 0.5) is 0 Å². The van der Waals surface area contributed by atoms with Gasteiger partial charge >= 0.3 is 0 Å². The minimum absolute atomic E-state index is 0.646. The van der Waals surface area contributed by atoms with Crippen molar-refractivity contribution in [2.24, 2.45) is 9.98 Å². The molecule has 72 valence electrons. The van der Waals surface area contributed by atoms with Gasteiger partial charge < -0.3 is 0 Å². The van der Waals surface area contributed by atoms with Crippen molar-refractivity contribution in [2.75, 3.05) is 14.1 Å². The van der Waals surface area contributed by atoms with Gasteiger partial charge in [-0.1, -0.05) is 18.2 Å². The summed E-state index contributed by atoms with van der Waals surface area (Å²) in [6.07, 6.45) is 2.49. The van der Waals surface area contributed by atoms with Gasteiger partial charge in [0, 0.05) is 31.4 Å². The Morgan fingerprint density at radius 3 is 2.71 bits per heavy atom. The van der Waals surface area contributed by atoms with Crippen molar-refractivity contribution in [3.63, 3.8) is 0 Å². The lowest BCUT2D eigenvalue weighted by Crippen LogP contribution is -2.02. The molecule has 0 radical (unpaired) electrons. The molecule has 0 aliphatic heterocycles. The van der Waals surface area contributed by atoms with E-state index >= 15 is 0 Å². The Labute approximate surface area is 83.2 Å². The Morgan fingerprint density at radius 2 is 2.14 bits per heavy atom. The van der Waals surface area contributed by atoms with Crippen molar-refractivity contribution in [2.45, 2.75) is 0 Å². The van der Waals surface area contributed by atoms with Gasteiger partial charge in [-0.25, -0.2) is 0 Å². The number of carbonyl (C=O) groups excluding carboxylic acids is 1. The van der Waals surface area contributed by atoms with Crippen LogP contribution < -0.4 is 0 Å². The van der Waals surface area contributed by atoms with Gasteiger partial charge in [0.25, 0.3) is 0 Å². The number of aliphatic imine (C=N–C) groups is 2. The molecule has 3 nitrogen and oxygen atoms in total. The number of rotatable bonds is 3. The molecule has 1 aromatic rings. The highest BCUT2D eigenvalue weighted by molar-refractivity contribution is 6.38. The normalized spacial score (nSPS) is 12.0. The van der Waals surface area contributed by atoms with Crippen molar-refractivity contribution in [3.8, 4) is 0 Å². The molecule has 0 heterocycles. The van der Waals surface area contributed by atoms with Gasteiger partial charge in [-0.15, -0.1) is 0 Å². The largest absolute Gasteiger partial charge is 0.298 e. The van der Waals surface area contributed by atoms with Crippen molar-refractivity contribution in [3.05, 3.63) is 35.4 Å². The van der Waals surface area contributed by atoms with Crippen LogP contribution in [0.15, 0.2) is 34.3 Å². The fourth-order valence-electron chi connectivity index (χ4n) is 1.15. The second-order valence-corrected chi connectivity index (χ2v) is 2.74. The third-order valence-corrected chi connectivity index (χ3v) is 1.81. The highest BCUT2D eigenvalue weighted by atomic mass is 16.1. The molecule has 0 atom stereocenters. The standard InChI is InChI=1S/C11H12N2O/c1-12-7-11(13-2)10-5-3-4-9(6-10)8-14/h3-8H,1-2H3. The van der Waals surface area contributed by atoms with Gasteiger partial charge in [0.2, 0.25) is 0 Å². The summed E-state index contributed by atoms with van der Waals surface area (Å²) in [6.45, 7) is 0. The van der Waals surface area contributed by atoms with Crippen LogP contribution in [0.5, 0.6) is 0 Å². The first kappa shape index (κ1) is 10.3. The topological polar surface area (TPSA) is 41.8 Å². The third kappa shape index (κ3) is 2.36. The van der Waals surface area contributed by atoms with Crippen molar-refractivity contribution in [1.82, 2.24) is 0 Å². The SMILES string of the molecule is CN=CC(=NC)c1cccc(C=O)c1. The number of hydrogen-bond donors (Lipinski definition) is 0. The van der Waals surface area contributed by atoms with E-state index in [4.69, 9.17) is 0 Å². The van der Waals surface area contributed by atoms with E-state index in [2.05, 4.69) is 9.98 Å². The first-order chi connectivity index (χ1) is 6.81. The smallest absolute Gasteiger partial charge is 0.150 e. The number of nitrogens with zero attached hydrogens (tertiary/aromatic N) is 2. The highest BCUT2D eigenvalue weighted by Crippen LogP contribution is 2.04. The molecule has 0 aliphatic rings. The highest BCUT2D eigenvalue weighted by Gasteiger charge is 1.99. The molecular formula is C11H12N2O. The van der Waals surface area contributed by atoms with Crippen LogP contribution in [0.3, 0.4) is 0 Å². The van der Waals surface area contributed by atoms with E-state index in [0.29, 0.717) is 5.56 Å². The fraction of sp³-hybridized carbons (Fsp3) is 0.182. The van der Waals surface area contributed by atoms with Crippen molar-refractivity contribution < 1.29 is 4.79 Å². The molecule has 0 spiro atoms. The van der Waals surface area contributed by atoms with Crippen LogP contribution in [-0.4, -0.2) is 32.3 Å². The van der Waals surface area contributed by atoms with E-state index < -0.39 is 0 Å². The average molecular weight is 188 g/mol. The average Bonchev–Trinajstić information content (AvgIpc) is 2.26. The van der Waals surface area contributed by atoms with Crippen LogP contribution in [0.2, 0.25) is 0 Å². The van der Waals surface area contributed by atoms with Crippen LogP contribution in [0.25, 0.3) is 0 Å². The van der Waals surface area contributed by atoms with Gasteiger partial charge in [-0.3, -0.25) is 14.8 Å². The van der Waals surface area contributed by atoms with Crippen LogP contribution in [-0.2, 0) is 0 Å².